The first kappa shape index (κ1) is 12.5. The fourth-order valence-corrected chi connectivity index (χ4v) is 1.33. The predicted molar refractivity (Wildman–Crippen MR) is 64.2 cm³/mol. The van der Waals surface area contributed by atoms with Crippen LogP contribution in [0.5, 0.6) is 0 Å². The summed E-state index contributed by atoms with van der Waals surface area (Å²) in [5.74, 6) is -0.197. The summed E-state index contributed by atoms with van der Waals surface area (Å²) in [6.07, 6.45) is 0.126. The number of carbonyl (C=O) groups is 1. The van der Waals surface area contributed by atoms with Gasteiger partial charge in [0.1, 0.15) is 0 Å². The summed E-state index contributed by atoms with van der Waals surface area (Å²) < 4.78 is 0. The number of rotatable bonds is 4. The molecule has 1 atom stereocenters. The summed E-state index contributed by atoms with van der Waals surface area (Å²) in [5, 5.41) is 12.0. The molecule has 0 saturated carbocycles. The van der Waals surface area contributed by atoms with E-state index in [0.29, 0.717) is 17.7 Å². The van der Waals surface area contributed by atoms with Crippen molar-refractivity contribution in [1.29, 1.82) is 0 Å². The highest BCUT2D eigenvalue weighted by Crippen LogP contribution is 2.12. The van der Waals surface area contributed by atoms with E-state index in [2.05, 4.69) is 5.32 Å². The number of hydrogen-bond acceptors (Lipinski definition) is 3. The number of anilines is 1. The van der Waals surface area contributed by atoms with Crippen LogP contribution >= 0.6 is 0 Å². The maximum atomic E-state index is 11.8. The molecule has 0 aliphatic rings. The topological polar surface area (TPSA) is 75.3 Å². The Kier molecular flexibility index (Phi) is 4.31. The van der Waals surface area contributed by atoms with E-state index in [1.165, 1.54) is 0 Å². The van der Waals surface area contributed by atoms with Gasteiger partial charge in [-0.3, -0.25) is 4.79 Å². The van der Waals surface area contributed by atoms with E-state index in [1.54, 1.807) is 18.2 Å². The minimum absolute atomic E-state index is 0.197. The number of nitrogen functional groups attached to an aromatic ring is 1. The van der Waals surface area contributed by atoms with E-state index < -0.39 is 6.10 Å². The van der Waals surface area contributed by atoms with Crippen LogP contribution < -0.4 is 11.1 Å². The number of aliphatic hydroxyl groups excluding tert-OH is 1. The van der Waals surface area contributed by atoms with E-state index in [-0.39, 0.29) is 12.5 Å². The molecule has 1 rings (SSSR count). The van der Waals surface area contributed by atoms with Crippen LogP contribution in [0.2, 0.25) is 0 Å². The van der Waals surface area contributed by atoms with Gasteiger partial charge in [0.05, 0.1) is 6.10 Å². The molecule has 0 aliphatic carbocycles. The molecule has 0 aromatic heterocycles. The fraction of sp³-hybridized carbons (Fsp3) is 0.417. The second-order valence-electron chi connectivity index (χ2n) is 3.85. The number of aryl methyl sites for hydroxylation is 1. The van der Waals surface area contributed by atoms with Crippen LogP contribution in [0.3, 0.4) is 0 Å². The Labute approximate surface area is 95.5 Å². The summed E-state index contributed by atoms with van der Waals surface area (Å²) in [5.41, 5.74) is 7.61. The van der Waals surface area contributed by atoms with Crippen LogP contribution in [0.4, 0.5) is 5.69 Å². The molecular weight excluding hydrogens is 204 g/mol. The monoisotopic (exact) mass is 222 g/mol. The molecule has 4 heteroatoms. The van der Waals surface area contributed by atoms with Gasteiger partial charge in [-0.1, -0.05) is 13.0 Å². The summed E-state index contributed by atoms with van der Waals surface area (Å²) in [6, 6.07) is 5.20. The van der Waals surface area contributed by atoms with E-state index in [1.807, 2.05) is 13.8 Å². The zero-order chi connectivity index (χ0) is 12.1. The highest BCUT2D eigenvalue weighted by molar-refractivity contribution is 5.96. The molecule has 0 saturated heterocycles. The SMILES string of the molecule is CCC(O)CNC(=O)c1cc(N)ccc1C. The molecule has 16 heavy (non-hydrogen) atoms. The Morgan fingerprint density at radius 1 is 1.56 bits per heavy atom. The number of aliphatic hydroxyl groups is 1. The Bertz CT molecular complexity index is 377. The van der Waals surface area contributed by atoms with Crippen LogP contribution in [0.25, 0.3) is 0 Å². The lowest BCUT2D eigenvalue weighted by Gasteiger charge is -2.11. The first-order chi connectivity index (χ1) is 7.54. The second-order valence-corrected chi connectivity index (χ2v) is 3.85. The number of carbonyl (C=O) groups excluding carboxylic acids is 1. The molecule has 1 aromatic rings. The Hall–Kier alpha value is -1.55. The van der Waals surface area contributed by atoms with Crippen LogP contribution in [0.15, 0.2) is 18.2 Å². The van der Waals surface area contributed by atoms with Crippen LogP contribution in [-0.4, -0.2) is 23.7 Å². The first-order valence-electron chi connectivity index (χ1n) is 5.37. The lowest BCUT2D eigenvalue weighted by atomic mass is 10.1. The van der Waals surface area contributed by atoms with Crippen LogP contribution in [0, 0.1) is 6.92 Å². The van der Waals surface area contributed by atoms with Gasteiger partial charge in [0.25, 0.3) is 5.91 Å². The Balaban J connectivity index is 2.69. The summed E-state index contributed by atoms with van der Waals surface area (Å²) >= 11 is 0. The van der Waals surface area contributed by atoms with E-state index in [9.17, 15) is 9.90 Å². The first-order valence-corrected chi connectivity index (χ1v) is 5.37. The van der Waals surface area contributed by atoms with Gasteiger partial charge in [0.15, 0.2) is 0 Å². The maximum Gasteiger partial charge on any atom is 0.251 e. The van der Waals surface area contributed by atoms with E-state index in [4.69, 9.17) is 5.73 Å². The van der Waals surface area contributed by atoms with Crippen LogP contribution in [-0.2, 0) is 0 Å². The van der Waals surface area contributed by atoms with Crippen molar-refractivity contribution in [3.8, 4) is 0 Å². The van der Waals surface area contributed by atoms with Gasteiger partial charge in [-0.15, -0.1) is 0 Å². The lowest BCUT2D eigenvalue weighted by Crippen LogP contribution is -2.32. The lowest BCUT2D eigenvalue weighted by molar-refractivity contribution is 0.0913. The van der Waals surface area contributed by atoms with Crippen molar-refractivity contribution in [2.75, 3.05) is 12.3 Å². The van der Waals surface area contributed by atoms with E-state index in [0.717, 1.165) is 5.56 Å². The summed E-state index contributed by atoms with van der Waals surface area (Å²) in [4.78, 5) is 11.8. The zero-order valence-corrected chi connectivity index (χ0v) is 9.66. The van der Waals surface area contributed by atoms with E-state index >= 15 is 0 Å². The maximum absolute atomic E-state index is 11.8. The van der Waals surface area contributed by atoms with Crippen molar-refractivity contribution in [2.24, 2.45) is 0 Å². The number of amides is 1. The Morgan fingerprint density at radius 2 is 2.25 bits per heavy atom. The molecule has 4 nitrogen and oxygen atoms in total. The van der Waals surface area contributed by atoms with Gasteiger partial charge < -0.3 is 16.2 Å². The molecule has 0 fully saturated rings. The van der Waals surface area contributed by atoms with Crippen molar-refractivity contribution < 1.29 is 9.90 Å². The third kappa shape index (κ3) is 3.24. The third-order valence-electron chi connectivity index (χ3n) is 2.48. The molecule has 0 radical (unpaired) electrons. The summed E-state index contributed by atoms with van der Waals surface area (Å²) in [7, 11) is 0. The number of nitrogens with one attached hydrogen (secondary N) is 1. The quantitative estimate of drug-likeness (QED) is 0.667. The molecule has 1 aromatic carbocycles. The molecule has 0 aliphatic heterocycles. The van der Waals surface area contributed by atoms with Crippen molar-refractivity contribution in [3.63, 3.8) is 0 Å². The number of benzene rings is 1. The van der Waals surface area contributed by atoms with Gasteiger partial charge in [-0.2, -0.15) is 0 Å². The van der Waals surface area contributed by atoms with Crippen molar-refractivity contribution in [2.45, 2.75) is 26.4 Å². The van der Waals surface area contributed by atoms with Crippen LogP contribution in [0.1, 0.15) is 29.3 Å². The molecule has 0 spiro atoms. The second kappa shape index (κ2) is 5.51. The van der Waals surface area contributed by atoms with Crippen molar-refractivity contribution in [1.82, 2.24) is 5.32 Å². The zero-order valence-electron chi connectivity index (χ0n) is 9.66. The largest absolute Gasteiger partial charge is 0.399 e. The minimum atomic E-state index is -0.495. The number of hydrogen-bond donors (Lipinski definition) is 3. The molecule has 4 N–H and O–H groups in total. The average molecular weight is 222 g/mol. The fourth-order valence-electron chi connectivity index (χ4n) is 1.33. The van der Waals surface area contributed by atoms with Gasteiger partial charge in [-0.25, -0.2) is 0 Å². The highest BCUT2D eigenvalue weighted by Gasteiger charge is 2.10. The third-order valence-corrected chi connectivity index (χ3v) is 2.48. The predicted octanol–water partition coefficient (Wildman–Crippen LogP) is 1.08. The Morgan fingerprint density at radius 3 is 2.88 bits per heavy atom. The minimum Gasteiger partial charge on any atom is -0.399 e. The smallest absolute Gasteiger partial charge is 0.251 e. The molecule has 0 heterocycles. The standard InChI is InChI=1S/C12H18N2O2/c1-3-10(15)7-14-12(16)11-6-9(13)5-4-8(11)2/h4-6,10,15H,3,7,13H2,1-2H3,(H,14,16). The molecular formula is C12H18N2O2. The normalized spacial score (nSPS) is 12.2. The van der Waals surface area contributed by atoms with Gasteiger partial charge in [0, 0.05) is 17.8 Å². The van der Waals surface area contributed by atoms with Gasteiger partial charge in [-0.05, 0) is 31.0 Å². The highest BCUT2D eigenvalue weighted by atomic mass is 16.3. The van der Waals surface area contributed by atoms with Crippen molar-refractivity contribution in [3.05, 3.63) is 29.3 Å². The molecule has 1 amide bonds. The molecule has 0 bridgehead atoms. The average Bonchev–Trinajstić information content (AvgIpc) is 2.28. The molecule has 1 unspecified atom stereocenters. The molecule has 88 valence electrons. The van der Waals surface area contributed by atoms with Gasteiger partial charge in [0.2, 0.25) is 0 Å². The van der Waals surface area contributed by atoms with Gasteiger partial charge >= 0.3 is 0 Å². The summed E-state index contributed by atoms with van der Waals surface area (Å²) in [6.45, 7) is 3.98. The number of nitrogens with two attached hydrogens (primary N) is 1. The van der Waals surface area contributed by atoms with Crippen molar-refractivity contribution >= 4 is 11.6 Å².